The maximum Gasteiger partial charge on any atom is 0.417 e. The Bertz CT molecular complexity index is 903. The van der Waals surface area contributed by atoms with Crippen molar-refractivity contribution in [3.8, 4) is 5.82 Å². The monoisotopic (exact) mass is 434 g/mol. The molecule has 0 saturated carbocycles. The Balaban J connectivity index is 2.37. The summed E-state index contributed by atoms with van der Waals surface area (Å²) in [5.74, 6) is -0.668. The molecule has 0 aliphatic carbocycles. The predicted octanol–water partition coefficient (Wildman–Crippen LogP) is 2.32. The molecule has 0 aliphatic rings. The topological polar surface area (TPSA) is 86.5 Å². The molecular formula is C17H18ClF3N4O4. The van der Waals surface area contributed by atoms with Crippen LogP contribution in [0.15, 0.2) is 29.3 Å². The first-order chi connectivity index (χ1) is 13.7. The van der Waals surface area contributed by atoms with Gasteiger partial charge in [0.2, 0.25) is 0 Å². The molecule has 0 N–H and O–H groups in total. The number of carbonyl (C=O) groups excluding carboxylic acids is 1. The molecule has 0 saturated heterocycles. The molecule has 158 valence electrons. The summed E-state index contributed by atoms with van der Waals surface area (Å²) >= 11 is 6.17. The fourth-order valence-electron chi connectivity index (χ4n) is 2.34. The van der Waals surface area contributed by atoms with Gasteiger partial charge in [0.05, 0.1) is 30.7 Å². The van der Waals surface area contributed by atoms with E-state index in [4.69, 9.17) is 21.1 Å². The van der Waals surface area contributed by atoms with Crippen LogP contribution in [0.3, 0.4) is 0 Å². The number of pyridine rings is 1. The van der Waals surface area contributed by atoms with Crippen molar-refractivity contribution >= 4 is 23.3 Å². The molecule has 0 spiro atoms. The zero-order valence-electron chi connectivity index (χ0n) is 15.6. The average molecular weight is 435 g/mol. The first kappa shape index (κ1) is 22.6. The molecule has 0 bridgehead atoms. The van der Waals surface area contributed by atoms with Gasteiger partial charge >= 0.3 is 12.1 Å². The molecule has 29 heavy (non-hydrogen) atoms. The van der Waals surface area contributed by atoms with Crippen molar-refractivity contribution in [2.24, 2.45) is 0 Å². The molecule has 0 aliphatic heterocycles. The lowest BCUT2D eigenvalue weighted by Gasteiger charge is -2.24. The van der Waals surface area contributed by atoms with Crippen LogP contribution in [0, 0.1) is 0 Å². The molecule has 2 rings (SSSR count). The second kappa shape index (κ2) is 9.70. The van der Waals surface area contributed by atoms with E-state index in [1.807, 2.05) is 0 Å². The first-order valence-corrected chi connectivity index (χ1v) is 8.77. The Hall–Kier alpha value is -2.66. The highest BCUT2D eigenvalue weighted by atomic mass is 35.5. The molecular weight excluding hydrogens is 417 g/mol. The second-order valence-electron chi connectivity index (χ2n) is 5.68. The van der Waals surface area contributed by atoms with E-state index < -0.39 is 23.3 Å². The number of carbonyl (C=O) groups is 1. The van der Waals surface area contributed by atoms with Crippen LogP contribution in [0.2, 0.25) is 5.02 Å². The minimum atomic E-state index is -4.56. The van der Waals surface area contributed by atoms with Crippen LogP contribution >= 0.6 is 11.6 Å². The number of anilines is 1. The van der Waals surface area contributed by atoms with Gasteiger partial charge in [-0.3, -0.25) is 9.59 Å². The van der Waals surface area contributed by atoms with Crippen LogP contribution in [-0.2, 0) is 20.4 Å². The molecule has 0 unspecified atom stereocenters. The van der Waals surface area contributed by atoms with Crippen molar-refractivity contribution in [2.45, 2.75) is 13.1 Å². The van der Waals surface area contributed by atoms with Gasteiger partial charge in [0.15, 0.2) is 5.82 Å². The van der Waals surface area contributed by atoms with Crippen molar-refractivity contribution < 1.29 is 27.4 Å². The van der Waals surface area contributed by atoms with Gasteiger partial charge in [-0.15, -0.1) is 0 Å². The third kappa shape index (κ3) is 5.67. The van der Waals surface area contributed by atoms with E-state index in [2.05, 4.69) is 10.1 Å². The lowest BCUT2D eigenvalue weighted by atomic mass is 10.3. The van der Waals surface area contributed by atoms with Crippen LogP contribution in [0.1, 0.15) is 12.5 Å². The summed E-state index contributed by atoms with van der Waals surface area (Å²) in [5.41, 5.74) is -1.61. The fourth-order valence-corrected chi connectivity index (χ4v) is 2.58. The summed E-state index contributed by atoms with van der Waals surface area (Å²) < 4.78 is 48.7. The van der Waals surface area contributed by atoms with Gasteiger partial charge in [-0.05, 0) is 19.1 Å². The fraction of sp³-hybridized carbons (Fsp3) is 0.412. The van der Waals surface area contributed by atoms with Gasteiger partial charge in [-0.2, -0.15) is 23.0 Å². The molecule has 0 atom stereocenters. The van der Waals surface area contributed by atoms with E-state index in [0.717, 1.165) is 16.8 Å². The van der Waals surface area contributed by atoms with Crippen LogP contribution in [0.5, 0.6) is 0 Å². The number of esters is 1. The van der Waals surface area contributed by atoms with E-state index in [0.29, 0.717) is 6.20 Å². The standard InChI is InChI=1S/C17H18ClF3N4O4/c1-3-29-14(26)10-24(6-7-28-2)12-9-23-25(16(27)15(12)18)13-5-4-11(8-22-13)17(19,20)21/h4-5,8-9H,3,6-7,10H2,1-2H3. The van der Waals surface area contributed by atoms with E-state index in [1.165, 1.54) is 18.2 Å². The Kier molecular flexibility index (Phi) is 7.57. The van der Waals surface area contributed by atoms with Gasteiger partial charge in [0.1, 0.15) is 11.6 Å². The SMILES string of the molecule is CCOC(=O)CN(CCOC)c1cnn(-c2ccc(C(F)(F)F)cn2)c(=O)c1Cl. The number of aromatic nitrogens is 3. The quantitative estimate of drug-likeness (QED) is 0.589. The Morgan fingerprint density at radius 2 is 2.03 bits per heavy atom. The van der Waals surface area contributed by atoms with E-state index in [-0.39, 0.29) is 42.8 Å². The zero-order chi connectivity index (χ0) is 21.6. The normalized spacial score (nSPS) is 11.4. The minimum Gasteiger partial charge on any atom is -0.465 e. The average Bonchev–Trinajstić information content (AvgIpc) is 2.67. The largest absolute Gasteiger partial charge is 0.465 e. The van der Waals surface area contributed by atoms with E-state index in [9.17, 15) is 22.8 Å². The van der Waals surface area contributed by atoms with Gasteiger partial charge in [0.25, 0.3) is 5.56 Å². The molecule has 0 radical (unpaired) electrons. The smallest absolute Gasteiger partial charge is 0.417 e. The third-order valence-electron chi connectivity index (χ3n) is 3.72. The number of ether oxygens (including phenoxy) is 2. The summed E-state index contributed by atoms with van der Waals surface area (Å²) in [6.07, 6.45) is -2.74. The number of halogens is 4. The predicted molar refractivity (Wildman–Crippen MR) is 98.4 cm³/mol. The number of alkyl halides is 3. The maximum atomic E-state index is 12.7. The highest BCUT2D eigenvalue weighted by Gasteiger charge is 2.31. The number of hydrogen-bond acceptors (Lipinski definition) is 7. The highest BCUT2D eigenvalue weighted by Crippen LogP contribution is 2.28. The Labute approximate surface area is 168 Å². The first-order valence-electron chi connectivity index (χ1n) is 8.40. The lowest BCUT2D eigenvalue weighted by Crippen LogP contribution is -2.36. The number of methoxy groups -OCH3 is 1. The molecule has 8 nitrogen and oxygen atoms in total. The summed E-state index contributed by atoms with van der Waals surface area (Å²) in [7, 11) is 1.47. The van der Waals surface area contributed by atoms with Gasteiger partial charge < -0.3 is 14.4 Å². The van der Waals surface area contributed by atoms with Crippen molar-refractivity contribution in [1.82, 2.24) is 14.8 Å². The van der Waals surface area contributed by atoms with Crippen molar-refractivity contribution in [3.05, 3.63) is 45.5 Å². The second-order valence-corrected chi connectivity index (χ2v) is 6.06. The number of rotatable bonds is 8. The van der Waals surface area contributed by atoms with Gasteiger partial charge in [0, 0.05) is 19.9 Å². The molecule has 0 aromatic carbocycles. The van der Waals surface area contributed by atoms with Crippen molar-refractivity contribution in [3.63, 3.8) is 0 Å². The summed E-state index contributed by atoms with van der Waals surface area (Å²) in [6.45, 7) is 2.10. The molecule has 2 aromatic rings. The van der Waals surface area contributed by atoms with Crippen LogP contribution in [0.25, 0.3) is 5.82 Å². The highest BCUT2D eigenvalue weighted by molar-refractivity contribution is 6.33. The minimum absolute atomic E-state index is 0.134. The molecule has 0 amide bonds. The molecule has 0 fully saturated rings. The Morgan fingerprint density at radius 1 is 1.31 bits per heavy atom. The summed E-state index contributed by atoms with van der Waals surface area (Å²) in [6, 6.07) is 1.79. The third-order valence-corrected chi connectivity index (χ3v) is 4.08. The maximum absolute atomic E-state index is 12.7. The Morgan fingerprint density at radius 3 is 2.59 bits per heavy atom. The van der Waals surface area contributed by atoms with Gasteiger partial charge in [-0.25, -0.2) is 4.98 Å². The van der Waals surface area contributed by atoms with E-state index in [1.54, 1.807) is 6.92 Å². The summed E-state index contributed by atoms with van der Waals surface area (Å²) in [4.78, 5) is 29.5. The molecule has 2 aromatic heterocycles. The van der Waals surface area contributed by atoms with Crippen LogP contribution in [-0.4, -0.2) is 54.1 Å². The van der Waals surface area contributed by atoms with Gasteiger partial charge in [-0.1, -0.05) is 11.6 Å². The number of nitrogens with zero attached hydrogens (tertiary/aromatic N) is 4. The zero-order valence-corrected chi connectivity index (χ0v) is 16.3. The summed E-state index contributed by atoms with van der Waals surface area (Å²) in [5, 5.41) is 3.65. The van der Waals surface area contributed by atoms with Crippen molar-refractivity contribution in [2.75, 3.05) is 38.3 Å². The lowest BCUT2D eigenvalue weighted by molar-refractivity contribution is -0.141. The molecule has 2 heterocycles. The van der Waals surface area contributed by atoms with Crippen molar-refractivity contribution in [1.29, 1.82) is 0 Å². The molecule has 12 heteroatoms. The van der Waals surface area contributed by atoms with Crippen LogP contribution < -0.4 is 10.5 Å². The van der Waals surface area contributed by atoms with Crippen LogP contribution in [0.4, 0.5) is 18.9 Å². The van der Waals surface area contributed by atoms with E-state index >= 15 is 0 Å². The number of hydrogen-bond donors (Lipinski definition) is 0.